The molecule has 0 radical (unpaired) electrons. The molecule has 20 heavy (non-hydrogen) atoms. The smallest absolute Gasteiger partial charge is 0.317 e. The molecule has 0 aliphatic rings. The van der Waals surface area contributed by atoms with Gasteiger partial charge in [0.25, 0.3) is 0 Å². The molecule has 5 nitrogen and oxygen atoms in total. The number of thiophene rings is 1. The van der Waals surface area contributed by atoms with Crippen molar-refractivity contribution in [1.29, 1.82) is 0 Å². The third-order valence-corrected chi connectivity index (χ3v) is 3.97. The standard InChI is InChI=1S/C13H19ClN2O3S/c1-3-4-9(7-12(17)18)15-13(19)16(2)8-10-5-6-11(14)20-10/h5-6,9H,3-4,7-8H2,1-2H3,(H,15,19)(H,17,18). The lowest BCUT2D eigenvalue weighted by atomic mass is 10.1. The van der Waals surface area contributed by atoms with Crippen molar-refractivity contribution >= 4 is 34.9 Å². The van der Waals surface area contributed by atoms with E-state index in [1.54, 1.807) is 13.1 Å². The summed E-state index contributed by atoms with van der Waals surface area (Å²) in [5.74, 6) is -0.906. The molecule has 0 bridgehead atoms. The summed E-state index contributed by atoms with van der Waals surface area (Å²) in [6, 6.07) is 3.06. The van der Waals surface area contributed by atoms with Gasteiger partial charge in [0.2, 0.25) is 0 Å². The molecule has 1 atom stereocenters. The van der Waals surface area contributed by atoms with E-state index in [9.17, 15) is 9.59 Å². The van der Waals surface area contributed by atoms with E-state index in [0.717, 1.165) is 11.3 Å². The van der Waals surface area contributed by atoms with Crippen LogP contribution in [0.4, 0.5) is 4.79 Å². The Kier molecular flexibility index (Phi) is 6.81. The predicted molar refractivity (Wildman–Crippen MR) is 80.3 cm³/mol. The van der Waals surface area contributed by atoms with Crippen LogP contribution in [0.5, 0.6) is 0 Å². The number of hydrogen-bond acceptors (Lipinski definition) is 3. The fraction of sp³-hybridized carbons (Fsp3) is 0.538. The molecule has 2 amide bonds. The molecule has 1 unspecified atom stereocenters. The third kappa shape index (κ3) is 5.79. The number of aliphatic carboxylic acids is 1. The lowest BCUT2D eigenvalue weighted by molar-refractivity contribution is -0.137. The average Bonchev–Trinajstić information content (AvgIpc) is 2.74. The molecular formula is C13H19ClN2O3S. The summed E-state index contributed by atoms with van der Waals surface area (Å²) in [4.78, 5) is 25.3. The zero-order chi connectivity index (χ0) is 15.1. The second kappa shape index (κ2) is 8.11. The Morgan fingerprint density at radius 1 is 1.50 bits per heavy atom. The maximum atomic E-state index is 12.0. The Hall–Kier alpha value is -1.27. The van der Waals surface area contributed by atoms with E-state index < -0.39 is 5.97 Å². The minimum Gasteiger partial charge on any atom is -0.481 e. The van der Waals surface area contributed by atoms with E-state index in [4.69, 9.17) is 16.7 Å². The zero-order valence-electron chi connectivity index (χ0n) is 11.6. The number of nitrogens with zero attached hydrogens (tertiary/aromatic N) is 1. The van der Waals surface area contributed by atoms with Gasteiger partial charge in [-0.2, -0.15) is 0 Å². The summed E-state index contributed by atoms with van der Waals surface area (Å²) >= 11 is 7.26. The van der Waals surface area contributed by atoms with Gasteiger partial charge in [0.1, 0.15) is 0 Å². The summed E-state index contributed by atoms with van der Waals surface area (Å²) in [6.45, 7) is 2.41. The molecule has 0 spiro atoms. The second-order valence-electron chi connectivity index (χ2n) is 4.59. The van der Waals surface area contributed by atoms with Gasteiger partial charge in [-0.1, -0.05) is 24.9 Å². The molecule has 0 fully saturated rings. The van der Waals surface area contributed by atoms with E-state index in [2.05, 4.69) is 5.32 Å². The largest absolute Gasteiger partial charge is 0.481 e. The molecule has 0 saturated heterocycles. The number of halogens is 1. The van der Waals surface area contributed by atoms with Crippen molar-refractivity contribution in [3.8, 4) is 0 Å². The zero-order valence-corrected chi connectivity index (χ0v) is 13.1. The van der Waals surface area contributed by atoms with Crippen LogP contribution in [0.15, 0.2) is 12.1 Å². The van der Waals surface area contributed by atoms with Crippen LogP contribution in [-0.2, 0) is 11.3 Å². The van der Waals surface area contributed by atoms with Gasteiger partial charge in [-0.05, 0) is 18.6 Å². The number of rotatable bonds is 7. The van der Waals surface area contributed by atoms with E-state index in [0.29, 0.717) is 17.3 Å². The number of nitrogens with one attached hydrogen (secondary N) is 1. The van der Waals surface area contributed by atoms with Crippen LogP contribution < -0.4 is 5.32 Å². The molecule has 0 aliphatic heterocycles. The number of hydrogen-bond donors (Lipinski definition) is 2. The quantitative estimate of drug-likeness (QED) is 0.811. The first-order valence-corrected chi connectivity index (χ1v) is 7.59. The Morgan fingerprint density at radius 3 is 2.70 bits per heavy atom. The maximum Gasteiger partial charge on any atom is 0.317 e. The molecule has 0 aliphatic carbocycles. The van der Waals surface area contributed by atoms with Gasteiger partial charge in [0.15, 0.2) is 0 Å². The summed E-state index contributed by atoms with van der Waals surface area (Å²) in [6.07, 6.45) is 1.41. The Morgan fingerprint density at radius 2 is 2.20 bits per heavy atom. The van der Waals surface area contributed by atoms with Crippen LogP contribution in [0.2, 0.25) is 4.34 Å². The number of urea groups is 1. The highest BCUT2D eigenvalue weighted by Gasteiger charge is 2.18. The fourth-order valence-electron chi connectivity index (χ4n) is 1.81. The first kappa shape index (κ1) is 16.8. The van der Waals surface area contributed by atoms with Crippen LogP contribution in [0, 0.1) is 0 Å². The SMILES string of the molecule is CCCC(CC(=O)O)NC(=O)N(C)Cc1ccc(Cl)s1. The van der Waals surface area contributed by atoms with Crippen LogP contribution in [0.3, 0.4) is 0 Å². The van der Waals surface area contributed by atoms with Crippen molar-refractivity contribution in [3.63, 3.8) is 0 Å². The van der Waals surface area contributed by atoms with Crippen LogP contribution in [-0.4, -0.2) is 35.1 Å². The fourth-order valence-corrected chi connectivity index (χ4v) is 2.95. The summed E-state index contributed by atoms with van der Waals surface area (Å²) in [5.41, 5.74) is 0. The van der Waals surface area contributed by atoms with E-state index in [1.165, 1.54) is 16.2 Å². The van der Waals surface area contributed by atoms with Crippen LogP contribution in [0.1, 0.15) is 31.1 Å². The molecule has 112 valence electrons. The van der Waals surface area contributed by atoms with Gasteiger partial charge in [0.05, 0.1) is 17.3 Å². The summed E-state index contributed by atoms with van der Waals surface area (Å²) < 4.78 is 0.684. The Bertz CT molecular complexity index is 464. The minimum absolute atomic E-state index is 0.0573. The summed E-state index contributed by atoms with van der Waals surface area (Å²) in [7, 11) is 1.67. The summed E-state index contributed by atoms with van der Waals surface area (Å²) in [5, 5.41) is 11.6. The topological polar surface area (TPSA) is 69.6 Å². The molecular weight excluding hydrogens is 300 g/mol. The van der Waals surface area contributed by atoms with Gasteiger partial charge in [0, 0.05) is 18.0 Å². The van der Waals surface area contributed by atoms with Crippen LogP contribution in [0.25, 0.3) is 0 Å². The van der Waals surface area contributed by atoms with Crippen LogP contribution >= 0.6 is 22.9 Å². The average molecular weight is 319 g/mol. The van der Waals surface area contributed by atoms with Gasteiger partial charge in [-0.3, -0.25) is 4.79 Å². The van der Waals surface area contributed by atoms with E-state index >= 15 is 0 Å². The molecule has 2 N–H and O–H groups in total. The van der Waals surface area contributed by atoms with Crippen molar-refractivity contribution in [3.05, 3.63) is 21.3 Å². The van der Waals surface area contributed by atoms with Crippen molar-refractivity contribution in [2.24, 2.45) is 0 Å². The maximum absolute atomic E-state index is 12.0. The minimum atomic E-state index is -0.906. The number of carboxylic acids is 1. The first-order chi connectivity index (χ1) is 9.42. The van der Waals surface area contributed by atoms with Gasteiger partial charge >= 0.3 is 12.0 Å². The number of carboxylic acid groups (broad SMARTS) is 1. The Balaban J connectivity index is 2.52. The molecule has 1 aromatic rings. The third-order valence-electron chi connectivity index (χ3n) is 2.75. The normalized spacial score (nSPS) is 11.9. The Labute approximate surface area is 127 Å². The number of carbonyl (C=O) groups excluding carboxylic acids is 1. The highest BCUT2D eigenvalue weighted by Crippen LogP contribution is 2.22. The number of amides is 2. The monoisotopic (exact) mass is 318 g/mol. The van der Waals surface area contributed by atoms with Gasteiger partial charge in [-0.15, -0.1) is 11.3 Å². The second-order valence-corrected chi connectivity index (χ2v) is 6.39. The lowest BCUT2D eigenvalue weighted by Crippen LogP contribution is -2.43. The van der Waals surface area contributed by atoms with Crippen molar-refractivity contribution < 1.29 is 14.7 Å². The molecule has 1 rings (SSSR count). The molecule has 1 heterocycles. The lowest BCUT2D eigenvalue weighted by Gasteiger charge is -2.22. The van der Waals surface area contributed by atoms with Crippen molar-refractivity contribution in [2.75, 3.05) is 7.05 Å². The van der Waals surface area contributed by atoms with Gasteiger partial charge in [-0.25, -0.2) is 4.79 Å². The first-order valence-electron chi connectivity index (χ1n) is 6.40. The van der Waals surface area contributed by atoms with E-state index in [1.807, 2.05) is 13.0 Å². The molecule has 0 saturated carbocycles. The van der Waals surface area contributed by atoms with Gasteiger partial charge < -0.3 is 15.3 Å². The molecule has 1 aromatic heterocycles. The number of carbonyl (C=O) groups is 2. The van der Waals surface area contributed by atoms with Crippen molar-refractivity contribution in [2.45, 2.75) is 38.8 Å². The van der Waals surface area contributed by atoms with Crippen molar-refractivity contribution in [1.82, 2.24) is 10.2 Å². The highest BCUT2D eigenvalue weighted by atomic mass is 35.5. The van der Waals surface area contributed by atoms with E-state index in [-0.39, 0.29) is 18.5 Å². The highest BCUT2D eigenvalue weighted by molar-refractivity contribution is 7.16. The predicted octanol–water partition coefficient (Wildman–Crippen LogP) is 3.19. The molecule has 7 heteroatoms. The molecule has 0 aromatic carbocycles.